The Morgan fingerprint density at radius 1 is 1.62 bits per heavy atom. The lowest BCUT2D eigenvalue weighted by Gasteiger charge is -2.18. The van der Waals surface area contributed by atoms with Crippen LogP contribution < -0.4 is 0 Å². The zero-order valence-corrected chi connectivity index (χ0v) is 10.1. The van der Waals surface area contributed by atoms with Crippen LogP contribution in [0.1, 0.15) is 39.5 Å². The van der Waals surface area contributed by atoms with E-state index in [1.54, 1.807) is 0 Å². The van der Waals surface area contributed by atoms with Crippen molar-refractivity contribution >= 4 is 11.9 Å². The van der Waals surface area contributed by atoms with Crippen molar-refractivity contribution in [2.75, 3.05) is 13.1 Å². The molecule has 1 amide bonds. The van der Waals surface area contributed by atoms with Gasteiger partial charge in [0.2, 0.25) is 5.91 Å². The second kappa shape index (κ2) is 5.87. The summed E-state index contributed by atoms with van der Waals surface area (Å²) in [6.07, 6.45) is 4.17. The average Bonchev–Trinajstić information content (AvgIpc) is 2.56. The number of nitrogens with zero attached hydrogens (tertiary/aromatic N) is 1. The first-order valence-corrected chi connectivity index (χ1v) is 6.06. The van der Waals surface area contributed by atoms with Crippen LogP contribution in [0.3, 0.4) is 0 Å². The third-order valence-electron chi connectivity index (χ3n) is 3.36. The highest BCUT2D eigenvalue weighted by molar-refractivity contribution is 5.84. The SMILES string of the molecule is CCCCC(C)C1CCN(CC(=O)O)C1=O. The number of carbonyl (C=O) groups is 2. The van der Waals surface area contributed by atoms with E-state index < -0.39 is 5.97 Å². The number of rotatable bonds is 6. The van der Waals surface area contributed by atoms with Gasteiger partial charge in [-0.2, -0.15) is 0 Å². The molecule has 0 aromatic rings. The molecule has 4 heteroatoms. The first-order valence-electron chi connectivity index (χ1n) is 6.06. The minimum absolute atomic E-state index is 0.0333. The molecule has 0 aromatic carbocycles. The summed E-state index contributed by atoms with van der Waals surface area (Å²) in [6, 6.07) is 0. The zero-order chi connectivity index (χ0) is 12.1. The Kier molecular flexibility index (Phi) is 4.77. The molecule has 1 N–H and O–H groups in total. The molecule has 1 rings (SSSR count). The van der Waals surface area contributed by atoms with E-state index in [2.05, 4.69) is 13.8 Å². The molecule has 1 heterocycles. The topological polar surface area (TPSA) is 57.6 Å². The normalized spacial score (nSPS) is 22.5. The summed E-state index contributed by atoms with van der Waals surface area (Å²) in [4.78, 5) is 23.9. The van der Waals surface area contributed by atoms with Gasteiger partial charge in [0.1, 0.15) is 6.54 Å². The lowest BCUT2D eigenvalue weighted by Crippen LogP contribution is -2.33. The number of unbranched alkanes of at least 4 members (excludes halogenated alkanes) is 1. The molecule has 92 valence electrons. The molecule has 0 aliphatic carbocycles. The largest absolute Gasteiger partial charge is 0.480 e. The molecule has 1 aliphatic heterocycles. The van der Waals surface area contributed by atoms with Crippen LogP contribution in [0, 0.1) is 11.8 Å². The fourth-order valence-electron chi connectivity index (χ4n) is 2.34. The maximum Gasteiger partial charge on any atom is 0.323 e. The molecule has 2 unspecified atom stereocenters. The van der Waals surface area contributed by atoms with E-state index in [-0.39, 0.29) is 18.4 Å². The molecule has 1 aliphatic rings. The van der Waals surface area contributed by atoms with Crippen molar-refractivity contribution in [3.63, 3.8) is 0 Å². The predicted octanol–water partition coefficient (Wildman–Crippen LogP) is 1.75. The molecule has 0 spiro atoms. The van der Waals surface area contributed by atoms with Gasteiger partial charge in [-0.15, -0.1) is 0 Å². The minimum Gasteiger partial charge on any atom is -0.480 e. The van der Waals surface area contributed by atoms with Crippen molar-refractivity contribution < 1.29 is 14.7 Å². The number of hydrogen-bond acceptors (Lipinski definition) is 2. The van der Waals surface area contributed by atoms with E-state index in [0.717, 1.165) is 25.7 Å². The first-order chi connectivity index (χ1) is 7.56. The molecule has 4 nitrogen and oxygen atoms in total. The van der Waals surface area contributed by atoms with Crippen LogP contribution in [0.4, 0.5) is 0 Å². The standard InChI is InChI=1S/C12H21NO3/c1-3-4-5-9(2)10-6-7-13(12(10)16)8-11(14)15/h9-10H,3-8H2,1-2H3,(H,14,15). The summed E-state index contributed by atoms with van der Waals surface area (Å²) in [5.41, 5.74) is 0. The Hall–Kier alpha value is -1.06. The Morgan fingerprint density at radius 3 is 2.88 bits per heavy atom. The van der Waals surface area contributed by atoms with E-state index in [9.17, 15) is 9.59 Å². The second-order valence-electron chi connectivity index (χ2n) is 4.67. The number of carboxylic acids is 1. The molecule has 2 atom stereocenters. The summed E-state index contributed by atoms with van der Waals surface area (Å²) in [5.74, 6) is -0.460. The van der Waals surface area contributed by atoms with Gasteiger partial charge in [-0.3, -0.25) is 9.59 Å². The van der Waals surface area contributed by atoms with Gasteiger partial charge >= 0.3 is 5.97 Å². The van der Waals surface area contributed by atoms with Crippen LogP contribution in [0.25, 0.3) is 0 Å². The Balaban J connectivity index is 2.46. The lowest BCUT2D eigenvalue weighted by molar-refractivity contribution is -0.144. The number of aliphatic carboxylic acids is 1. The summed E-state index contributed by atoms with van der Waals surface area (Å²) >= 11 is 0. The van der Waals surface area contributed by atoms with Crippen LogP contribution in [0.5, 0.6) is 0 Å². The van der Waals surface area contributed by atoms with E-state index in [4.69, 9.17) is 5.11 Å². The summed E-state index contributed by atoms with van der Waals surface area (Å²) in [5, 5.41) is 8.66. The first kappa shape index (κ1) is 13.0. The third kappa shape index (κ3) is 3.22. The number of carboxylic acid groups (broad SMARTS) is 1. The van der Waals surface area contributed by atoms with Gasteiger partial charge in [0, 0.05) is 12.5 Å². The molecule has 0 bridgehead atoms. The molecular weight excluding hydrogens is 206 g/mol. The summed E-state index contributed by atoms with van der Waals surface area (Å²) in [6.45, 7) is 4.70. The van der Waals surface area contributed by atoms with Crippen LogP contribution in [-0.2, 0) is 9.59 Å². The predicted molar refractivity (Wildman–Crippen MR) is 61.0 cm³/mol. The summed E-state index contributed by atoms with van der Waals surface area (Å²) < 4.78 is 0. The quantitative estimate of drug-likeness (QED) is 0.752. The molecule has 1 fully saturated rings. The van der Waals surface area contributed by atoms with Gasteiger partial charge < -0.3 is 10.0 Å². The van der Waals surface area contributed by atoms with E-state index >= 15 is 0 Å². The summed E-state index contributed by atoms with van der Waals surface area (Å²) in [7, 11) is 0. The van der Waals surface area contributed by atoms with Crippen molar-refractivity contribution in [3.05, 3.63) is 0 Å². The number of hydrogen-bond donors (Lipinski definition) is 1. The smallest absolute Gasteiger partial charge is 0.323 e. The van der Waals surface area contributed by atoms with Crippen LogP contribution in [-0.4, -0.2) is 35.0 Å². The Bertz CT molecular complexity index is 265. The molecule has 1 saturated heterocycles. The number of carbonyl (C=O) groups excluding carboxylic acids is 1. The number of likely N-dealkylation sites (tertiary alicyclic amines) is 1. The number of amides is 1. The fraction of sp³-hybridized carbons (Fsp3) is 0.833. The maximum absolute atomic E-state index is 11.9. The van der Waals surface area contributed by atoms with Crippen LogP contribution in [0.15, 0.2) is 0 Å². The van der Waals surface area contributed by atoms with E-state index in [0.29, 0.717) is 12.5 Å². The van der Waals surface area contributed by atoms with Crippen molar-refractivity contribution in [1.29, 1.82) is 0 Å². The highest BCUT2D eigenvalue weighted by atomic mass is 16.4. The second-order valence-corrected chi connectivity index (χ2v) is 4.67. The van der Waals surface area contributed by atoms with Gasteiger partial charge in [-0.1, -0.05) is 26.7 Å². The van der Waals surface area contributed by atoms with Gasteiger partial charge in [-0.05, 0) is 18.8 Å². The Morgan fingerprint density at radius 2 is 2.31 bits per heavy atom. The van der Waals surface area contributed by atoms with Crippen LogP contribution in [0.2, 0.25) is 0 Å². The highest BCUT2D eigenvalue weighted by Gasteiger charge is 2.35. The monoisotopic (exact) mass is 227 g/mol. The van der Waals surface area contributed by atoms with E-state index in [1.807, 2.05) is 0 Å². The van der Waals surface area contributed by atoms with Crippen molar-refractivity contribution in [3.8, 4) is 0 Å². The Labute approximate surface area is 96.6 Å². The van der Waals surface area contributed by atoms with Crippen molar-refractivity contribution in [2.24, 2.45) is 11.8 Å². The van der Waals surface area contributed by atoms with Crippen molar-refractivity contribution in [2.45, 2.75) is 39.5 Å². The minimum atomic E-state index is -0.921. The third-order valence-corrected chi connectivity index (χ3v) is 3.36. The lowest BCUT2D eigenvalue weighted by atomic mass is 9.88. The molecule has 0 radical (unpaired) electrons. The maximum atomic E-state index is 11.9. The molecular formula is C12H21NO3. The molecule has 16 heavy (non-hydrogen) atoms. The van der Waals surface area contributed by atoms with Crippen LogP contribution >= 0.6 is 0 Å². The highest BCUT2D eigenvalue weighted by Crippen LogP contribution is 2.28. The van der Waals surface area contributed by atoms with Gasteiger partial charge in [-0.25, -0.2) is 0 Å². The van der Waals surface area contributed by atoms with Crippen molar-refractivity contribution in [1.82, 2.24) is 4.90 Å². The van der Waals surface area contributed by atoms with Gasteiger partial charge in [0.25, 0.3) is 0 Å². The average molecular weight is 227 g/mol. The van der Waals surface area contributed by atoms with E-state index in [1.165, 1.54) is 4.90 Å². The zero-order valence-electron chi connectivity index (χ0n) is 10.1. The molecule has 0 aromatic heterocycles. The fourth-order valence-corrected chi connectivity index (χ4v) is 2.34. The molecule has 0 saturated carbocycles. The van der Waals surface area contributed by atoms with Gasteiger partial charge in [0.15, 0.2) is 0 Å². The van der Waals surface area contributed by atoms with Gasteiger partial charge in [0.05, 0.1) is 0 Å².